The number of hydrogen-bond donors (Lipinski definition) is 2. The third kappa shape index (κ3) is 4.48. The zero-order valence-electron chi connectivity index (χ0n) is 21.7. The zero-order chi connectivity index (χ0) is 28.2. The normalized spacial score (nSPS) is 21.6. The topological polar surface area (TPSA) is 67.4 Å². The second-order valence-corrected chi connectivity index (χ2v) is 12.2. The van der Waals surface area contributed by atoms with Gasteiger partial charge in [0.25, 0.3) is 0 Å². The molecule has 1 fully saturated rings. The summed E-state index contributed by atoms with van der Waals surface area (Å²) < 4.78 is 7.32. The number of fused-ring (bicyclic) bond motifs is 2. The molecule has 2 aliphatic rings. The fraction of sp³-hybridized carbons (Fsp3) is 0.188. The summed E-state index contributed by atoms with van der Waals surface area (Å²) in [5, 5.41) is 7.29. The van der Waals surface area contributed by atoms with E-state index in [1.54, 1.807) is 18.2 Å². The van der Waals surface area contributed by atoms with E-state index in [1.807, 2.05) is 74.5 Å². The number of rotatable bonds is 4. The molecule has 1 spiro atoms. The number of aryl methyl sites for hydroxylation is 2. The van der Waals surface area contributed by atoms with E-state index in [0.29, 0.717) is 32.8 Å². The van der Waals surface area contributed by atoms with Crippen LogP contribution in [0, 0.1) is 13.8 Å². The number of carbonyl (C=O) groups excluding carboxylic acids is 2. The number of ether oxygens (including phenoxy) is 1. The Morgan fingerprint density at radius 1 is 0.900 bits per heavy atom. The van der Waals surface area contributed by atoms with Crippen LogP contribution in [0.3, 0.4) is 0 Å². The maximum atomic E-state index is 14.3. The van der Waals surface area contributed by atoms with E-state index in [2.05, 4.69) is 26.6 Å². The van der Waals surface area contributed by atoms with Crippen molar-refractivity contribution in [3.05, 3.63) is 121 Å². The van der Waals surface area contributed by atoms with Crippen LogP contribution < -0.4 is 15.4 Å². The van der Waals surface area contributed by atoms with Crippen LogP contribution in [0.5, 0.6) is 11.5 Å². The Hall–Kier alpha value is -3.32. The van der Waals surface area contributed by atoms with Gasteiger partial charge in [-0.1, -0.05) is 69.5 Å². The molecule has 0 radical (unpaired) electrons. The highest BCUT2D eigenvalue weighted by atomic mass is 79.9. The molecule has 4 aromatic carbocycles. The Labute approximate surface area is 251 Å². The van der Waals surface area contributed by atoms with Gasteiger partial charge in [-0.3, -0.25) is 9.59 Å². The molecular formula is C32H25BrCl2N2O3. The quantitative estimate of drug-likeness (QED) is 0.237. The highest BCUT2D eigenvalue weighted by Crippen LogP contribution is 2.59. The third-order valence-electron chi connectivity index (χ3n) is 7.85. The van der Waals surface area contributed by atoms with Crippen molar-refractivity contribution in [2.75, 3.05) is 5.32 Å². The van der Waals surface area contributed by atoms with Gasteiger partial charge < -0.3 is 15.4 Å². The number of halogens is 3. The Morgan fingerprint density at radius 2 is 1.70 bits per heavy atom. The fourth-order valence-electron chi connectivity index (χ4n) is 6.04. The summed E-state index contributed by atoms with van der Waals surface area (Å²) >= 11 is 16.4. The Balaban J connectivity index is 1.61. The fourth-order valence-corrected chi connectivity index (χ4v) is 6.79. The summed E-state index contributed by atoms with van der Waals surface area (Å²) in [5.41, 5.74) is 3.68. The number of anilines is 1. The molecule has 2 amide bonds. The largest absolute Gasteiger partial charge is 0.457 e. The lowest BCUT2D eigenvalue weighted by molar-refractivity contribution is -0.131. The van der Waals surface area contributed by atoms with Crippen molar-refractivity contribution < 1.29 is 14.3 Å². The summed E-state index contributed by atoms with van der Waals surface area (Å²) in [5.74, 6) is 0.337. The number of hydrogen-bond acceptors (Lipinski definition) is 3. The first-order valence-electron chi connectivity index (χ1n) is 12.9. The summed E-state index contributed by atoms with van der Waals surface area (Å²) in [6, 6.07) is 23.7. The second kappa shape index (κ2) is 10.3. The van der Waals surface area contributed by atoms with Crippen molar-refractivity contribution in [1.82, 2.24) is 5.32 Å². The number of carbonyl (C=O) groups is 2. The van der Waals surface area contributed by atoms with Gasteiger partial charge in [-0.15, -0.1) is 0 Å². The molecular weight excluding hydrogens is 611 g/mol. The summed E-state index contributed by atoms with van der Waals surface area (Å²) in [6.07, 6.45) is 0.105. The first-order chi connectivity index (χ1) is 19.2. The Bertz CT molecular complexity index is 1690. The van der Waals surface area contributed by atoms with Crippen LogP contribution in [-0.2, 0) is 15.0 Å². The van der Waals surface area contributed by atoms with E-state index in [9.17, 15) is 9.59 Å². The van der Waals surface area contributed by atoms with E-state index in [1.165, 1.54) is 0 Å². The summed E-state index contributed by atoms with van der Waals surface area (Å²) in [7, 11) is 0. The van der Waals surface area contributed by atoms with Crippen LogP contribution in [0.15, 0.2) is 83.3 Å². The van der Waals surface area contributed by atoms with Gasteiger partial charge in [-0.25, -0.2) is 0 Å². The van der Waals surface area contributed by atoms with E-state index in [4.69, 9.17) is 27.9 Å². The molecule has 2 N–H and O–H groups in total. The van der Waals surface area contributed by atoms with E-state index < -0.39 is 17.4 Å². The maximum absolute atomic E-state index is 14.3. The number of piperidine rings is 1. The average Bonchev–Trinajstić information content (AvgIpc) is 3.19. The number of amides is 2. The van der Waals surface area contributed by atoms with Gasteiger partial charge in [0.15, 0.2) is 0 Å². The van der Waals surface area contributed by atoms with Crippen LogP contribution in [-0.4, -0.2) is 11.8 Å². The minimum Gasteiger partial charge on any atom is -0.457 e. The second-order valence-electron chi connectivity index (χ2n) is 10.4. The van der Waals surface area contributed by atoms with Crippen molar-refractivity contribution in [3.63, 3.8) is 0 Å². The SMILES string of the molecule is Cc1ccc(C)c(Oc2ccc(Br)cc2[C@H]2NC(=O)C[C@@H](c3cccc(Cl)c3)C23C(=O)Nc2cc(Cl)ccc23)c1. The van der Waals surface area contributed by atoms with Crippen LogP contribution in [0.25, 0.3) is 0 Å². The monoisotopic (exact) mass is 634 g/mol. The van der Waals surface area contributed by atoms with Gasteiger partial charge in [-0.05, 0) is 84.6 Å². The van der Waals surface area contributed by atoms with E-state index >= 15 is 0 Å². The molecule has 0 bridgehead atoms. The van der Waals surface area contributed by atoms with Crippen molar-refractivity contribution >= 4 is 56.6 Å². The molecule has 0 aromatic heterocycles. The lowest BCUT2D eigenvalue weighted by Gasteiger charge is -2.46. The highest BCUT2D eigenvalue weighted by molar-refractivity contribution is 9.10. The van der Waals surface area contributed by atoms with Crippen molar-refractivity contribution in [1.29, 1.82) is 0 Å². The maximum Gasteiger partial charge on any atom is 0.238 e. The van der Waals surface area contributed by atoms with Gasteiger partial charge in [0, 0.05) is 38.1 Å². The molecule has 3 atom stereocenters. The number of nitrogens with one attached hydrogen (secondary N) is 2. The van der Waals surface area contributed by atoms with E-state index in [-0.39, 0.29) is 18.2 Å². The molecule has 0 saturated carbocycles. The molecule has 8 heteroatoms. The van der Waals surface area contributed by atoms with Gasteiger partial charge >= 0.3 is 0 Å². The first kappa shape index (κ1) is 26.9. The first-order valence-corrected chi connectivity index (χ1v) is 14.4. The predicted molar refractivity (Wildman–Crippen MR) is 162 cm³/mol. The zero-order valence-corrected chi connectivity index (χ0v) is 24.8. The molecule has 202 valence electrons. The molecule has 2 aliphatic heterocycles. The van der Waals surface area contributed by atoms with Crippen LogP contribution >= 0.6 is 39.1 Å². The number of benzene rings is 4. The van der Waals surface area contributed by atoms with Gasteiger partial charge in [0.1, 0.15) is 16.9 Å². The minimum atomic E-state index is -1.21. The smallest absolute Gasteiger partial charge is 0.238 e. The summed E-state index contributed by atoms with van der Waals surface area (Å²) in [6.45, 7) is 3.99. The van der Waals surface area contributed by atoms with Crippen molar-refractivity contribution in [2.24, 2.45) is 0 Å². The molecule has 5 nitrogen and oxygen atoms in total. The molecule has 40 heavy (non-hydrogen) atoms. The van der Waals surface area contributed by atoms with Crippen LogP contribution in [0.4, 0.5) is 5.69 Å². The predicted octanol–water partition coefficient (Wildman–Crippen LogP) is 8.40. The standard InChI is InChI=1S/C32H25BrCl2N2O3/c1-17-6-7-18(2)28(12-17)40-27-11-8-20(33)14-23(27)30-32(24-10-9-22(35)15-26(24)36-31(32)39)25(16-29(38)37-30)19-4-3-5-21(34)13-19/h3-15,25,30H,16H2,1-2H3,(H,36,39)(H,37,38)/t25-,30+,32?/m0/s1. The molecule has 2 heterocycles. The van der Waals surface area contributed by atoms with Crippen molar-refractivity contribution in [2.45, 2.75) is 37.6 Å². The molecule has 1 unspecified atom stereocenters. The van der Waals surface area contributed by atoms with Crippen LogP contribution in [0.2, 0.25) is 10.0 Å². The third-order valence-corrected chi connectivity index (χ3v) is 8.81. The highest BCUT2D eigenvalue weighted by Gasteiger charge is 2.61. The van der Waals surface area contributed by atoms with Gasteiger partial charge in [0.05, 0.1) is 6.04 Å². The van der Waals surface area contributed by atoms with Gasteiger partial charge in [0.2, 0.25) is 11.8 Å². The van der Waals surface area contributed by atoms with Crippen molar-refractivity contribution in [3.8, 4) is 11.5 Å². The Kier molecular flexibility index (Phi) is 6.89. The van der Waals surface area contributed by atoms with E-state index in [0.717, 1.165) is 26.7 Å². The van der Waals surface area contributed by atoms with Gasteiger partial charge in [-0.2, -0.15) is 0 Å². The average molecular weight is 636 g/mol. The molecule has 1 saturated heterocycles. The minimum absolute atomic E-state index is 0.105. The lowest BCUT2D eigenvalue weighted by Crippen LogP contribution is -2.56. The molecule has 4 aromatic rings. The summed E-state index contributed by atoms with van der Waals surface area (Å²) in [4.78, 5) is 27.8. The lowest BCUT2D eigenvalue weighted by atomic mass is 9.59. The Morgan fingerprint density at radius 3 is 2.50 bits per heavy atom. The molecule has 0 aliphatic carbocycles. The molecule has 6 rings (SSSR count). The van der Waals surface area contributed by atoms with Crippen LogP contribution in [0.1, 0.15) is 46.2 Å².